The van der Waals surface area contributed by atoms with Crippen molar-refractivity contribution in [1.82, 2.24) is 10.9 Å². The number of hydrogen-bond acceptors (Lipinski definition) is 5. The number of hydrogen-bond donors (Lipinski definition) is 4. The van der Waals surface area contributed by atoms with Gasteiger partial charge in [0, 0.05) is 11.6 Å². The third kappa shape index (κ3) is 6.05. The summed E-state index contributed by atoms with van der Waals surface area (Å²) >= 11 is 1.69. The molecule has 22 heavy (non-hydrogen) atoms. The van der Waals surface area contributed by atoms with Crippen molar-refractivity contribution in [2.45, 2.75) is 32.4 Å². The molecule has 0 fully saturated rings. The summed E-state index contributed by atoms with van der Waals surface area (Å²) < 4.78 is 0. The van der Waals surface area contributed by atoms with E-state index < -0.39 is 24.0 Å². The minimum atomic E-state index is -1.35. The first kappa shape index (κ1) is 18.5. The summed E-state index contributed by atoms with van der Waals surface area (Å²) in [6, 6.07) is 6.25. The zero-order chi connectivity index (χ0) is 16.5. The number of rotatable bonds is 7. The number of nitrogens with two attached hydrogens (primary N) is 1. The van der Waals surface area contributed by atoms with E-state index in [0.29, 0.717) is 12.0 Å². The van der Waals surface area contributed by atoms with Gasteiger partial charge in [0.1, 0.15) is 6.10 Å². The molecule has 0 spiro atoms. The number of benzene rings is 1. The Morgan fingerprint density at radius 2 is 1.91 bits per heavy atom. The minimum absolute atomic E-state index is 0.420. The molecule has 1 rings (SSSR count). The van der Waals surface area contributed by atoms with E-state index in [1.807, 2.05) is 13.8 Å². The van der Waals surface area contributed by atoms with Crippen molar-refractivity contribution >= 4 is 23.6 Å². The molecular weight excluding hydrogens is 302 g/mol. The van der Waals surface area contributed by atoms with Gasteiger partial charge >= 0.3 is 0 Å². The lowest BCUT2D eigenvalue weighted by Crippen LogP contribution is -2.52. The van der Waals surface area contributed by atoms with Gasteiger partial charge in [-0.3, -0.25) is 20.4 Å². The van der Waals surface area contributed by atoms with Crippen LogP contribution < -0.4 is 16.6 Å². The number of carbonyl (C=O) groups excluding carboxylic acids is 2. The molecule has 0 heterocycles. The molecule has 0 aromatic heterocycles. The van der Waals surface area contributed by atoms with E-state index in [-0.39, 0.29) is 0 Å². The molecule has 122 valence electrons. The van der Waals surface area contributed by atoms with Crippen molar-refractivity contribution in [3.8, 4) is 0 Å². The number of carbonyl (C=O) groups is 2. The van der Waals surface area contributed by atoms with Gasteiger partial charge in [-0.2, -0.15) is 11.8 Å². The van der Waals surface area contributed by atoms with Crippen molar-refractivity contribution in [2.24, 2.45) is 5.73 Å². The van der Waals surface area contributed by atoms with Crippen molar-refractivity contribution in [1.29, 1.82) is 0 Å². The number of thioether (sulfide) groups is 1. The fourth-order valence-corrected chi connectivity index (χ4v) is 2.41. The van der Waals surface area contributed by atoms with Crippen LogP contribution in [0.2, 0.25) is 0 Å². The molecule has 7 heteroatoms. The zero-order valence-corrected chi connectivity index (χ0v) is 13.7. The van der Waals surface area contributed by atoms with E-state index in [2.05, 4.69) is 10.9 Å². The number of aliphatic hydroxyl groups excluding tert-OH is 1. The number of aliphatic hydroxyl groups is 1. The summed E-state index contributed by atoms with van der Waals surface area (Å²) in [5.74, 6) is 0.574. The Kier molecular flexibility index (Phi) is 7.94. The summed E-state index contributed by atoms with van der Waals surface area (Å²) in [4.78, 5) is 23.6. The highest BCUT2D eigenvalue weighted by molar-refractivity contribution is 7.99. The maximum atomic E-state index is 11.8. The lowest BCUT2D eigenvalue weighted by atomic mass is 10.1. The van der Waals surface area contributed by atoms with Crippen LogP contribution in [0.1, 0.15) is 29.3 Å². The molecule has 2 amide bonds. The fourth-order valence-electron chi connectivity index (χ4n) is 1.69. The first-order valence-corrected chi connectivity index (χ1v) is 8.29. The predicted octanol–water partition coefficient (Wildman–Crippen LogP) is 0.587. The topological polar surface area (TPSA) is 104 Å². The Morgan fingerprint density at radius 1 is 1.27 bits per heavy atom. The fraction of sp³-hybridized carbons (Fsp3) is 0.467. The van der Waals surface area contributed by atoms with Crippen LogP contribution in [0.4, 0.5) is 0 Å². The lowest BCUT2D eigenvalue weighted by Gasteiger charge is -2.18. The molecule has 6 nitrogen and oxygen atoms in total. The van der Waals surface area contributed by atoms with E-state index in [4.69, 9.17) is 5.73 Å². The van der Waals surface area contributed by atoms with E-state index in [9.17, 15) is 14.7 Å². The van der Waals surface area contributed by atoms with E-state index >= 15 is 0 Å². The molecule has 0 aliphatic heterocycles. The minimum Gasteiger partial charge on any atom is -0.382 e. The molecule has 5 N–H and O–H groups in total. The number of aryl methyl sites for hydroxylation is 1. The maximum absolute atomic E-state index is 11.8. The second kappa shape index (κ2) is 9.45. The summed E-state index contributed by atoms with van der Waals surface area (Å²) in [5, 5.41) is 9.81. The first-order chi connectivity index (χ1) is 10.5. The van der Waals surface area contributed by atoms with Gasteiger partial charge in [-0.1, -0.05) is 24.6 Å². The Hall–Kier alpha value is -1.57. The molecule has 0 saturated carbocycles. The zero-order valence-electron chi connectivity index (χ0n) is 12.8. The van der Waals surface area contributed by atoms with Gasteiger partial charge in [-0.05, 0) is 37.0 Å². The van der Waals surface area contributed by atoms with Gasteiger partial charge < -0.3 is 10.8 Å². The summed E-state index contributed by atoms with van der Waals surface area (Å²) in [7, 11) is 0. The Morgan fingerprint density at radius 3 is 2.50 bits per heavy atom. The highest BCUT2D eigenvalue weighted by Gasteiger charge is 2.23. The van der Waals surface area contributed by atoms with Gasteiger partial charge in [0.2, 0.25) is 0 Å². The highest BCUT2D eigenvalue weighted by atomic mass is 32.2. The normalized spacial score (nSPS) is 13.3. The first-order valence-electron chi connectivity index (χ1n) is 7.14. The smallest absolute Gasteiger partial charge is 0.269 e. The van der Waals surface area contributed by atoms with Gasteiger partial charge in [-0.25, -0.2) is 0 Å². The Balaban J connectivity index is 2.41. The standard InChI is InChI=1S/C15H23N3O3S/c1-3-22-9-8-12(16)13(19)15(21)18-17-14(20)11-6-4-10(2)5-7-11/h4-7,12-13,19H,3,8-9,16H2,1-2H3,(H,17,20)(H,18,21)/t12-,13?/m1/s1. The molecule has 1 aromatic rings. The second-order valence-corrected chi connectivity index (χ2v) is 6.30. The van der Waals surface area contributed by atoms with E-state index in [1.54, 1.807) is 36.0 Å². The van der Waals surface area contributed by atoms with Crippen molar-refractivity contribution in [3.05, 3.63) is 35.4 Å². The highest BCUT2D eigenvalue weighted by Crippen LogP contribution is 2.06. The van der Waals surface area contributed by atoms with Gasteiger partial charge in [0.05, 0.1) is 0 Å². The van der Waals surface area contributed by atoms with Crippen molar-refractivity contribution in [2.75, 3.05) is 11.5 Å². The lowest BCUT2D eigenvalue weighted by molar-refractivity contribution is -0.131. The molecule has 1 aromatic carbocycles. The molecule has 0 aliphatic carbocycles. The summed E-state index contributed by atoms with van der Waals surface area (Å²) in [5.41, 5.74) is 11.7. The van der Waals surface area contributed by atoms with Crippen molar-refractivity contribution in [3.63, 3.8) is 0 Å². The predicted molar refractivity (Wildman–Crippen MR) is 88.4 cm³/mol. The summed E-state index contributed by atoms with van der Waals surface area (Å²) in [6.45, 7) is 3.94. The number of amides is 2. The quantitative estimate of drug-likeness (QED) is 0.434. The van der Waals surface area contributed by atoms with Crippen LogP contribution >= 0.6 is 11.8 Å². The van der Waals surface area contributed by atoms with Gasteiger partial charge in [0.25, 0.3) is 11.8 Å². The summed E-state index contributed by atoms with van der Waals surface area (Å²) in [6.07, 6.45) is -0.824. The third-order valence-electron chi connectivity index (χ3n) is 3.09. The van der Waals surface area contributed by atoms with Crippen LogP contribution in [0.25, 0.3) is 0 Å². The number of hydrazine groups is 1. The van der Waals surface area contributed by atoms with Crippen LogP contribution in [-0.2, 0) is 4.79 Å². The van der Waals surface area contributed by atoms with Crippen LogP contribution in [0.3, 0.4) is 0 Å². The molecule has 1 unspecified atom stereocenters. The average molecular weight is 325 g/mol. The monoisotopic (exact) mass is 325 g/mol. The SMILES string of the molecule is CCSCC[C@@H](N)C(O)C(=O)NNC(=O)c1ccc(C)cc1. The van der Waals surface area contributed by atoms with Crippen LogP contribution in [0.5, 0.6) is 0 Å². The Labute approximate surface area is 134 Å². The second-order valence-electron chi connectivity index (χ2n) is 4.90. The average Bonchev–Trinajstić information content (AvgIpc) is 2.52. The van der Waals surface area contributed by atoms with E-state index in [1.165, 1.54) is 0 Å². The van der Waals surface area contributed by atoms with Crippen LogP contribution in [-0.4, -0.2) is 40.6 Å². The van der Waals surface area contributed by atoms with Crippen LogP contribution in [0, 0.1) is 6.92 Å². The molecular formula is C15H23N3O3S. The molecule has 0 radical (unpaired) electrons. The largest absolute Gasteiger partial charge is 0.382 e. The maximum Gasteiger partial charge on any atom is 0.269 e. The third-order valence-corrected chi connectivity index (χ3v) is 4.02. The van der Waals surface area contributed by atoms with Gasteiger partial charge in [-0.15, -0.1) is 0 Å². The van der Waals surface area contributed by atoms with E-state index in [0.717, 1.165) is 17.1 Å². The van der Waals surface area contributed by atoms with Crippen molar-refractivity contribution < 1.29 is 14.7 Å². The molecule has 0 aliphatic rings. The number of nitrogens with one attached hydrogen (secondary N) is 2. The molecule has 0 bridgehead atoms. The van der Waals surface area contributed by atoms with Gasteiger partial charge in [0.15, 0.2) is 0 Å². The Bertz CT molecular complexity index is 493. The van der Waals surface area contributed by atoms with Crippen LogP contribution in [0.15, 0.2) is 24.3 Å². The molecule has 0 saturated heterocycles. The molecule has 2 atom stereocenters.